The molecule has 3 heteroatoms. The van der Waals surface area contributed by atoms with Crippen molar-refractivity contribution in [1.29, 1.82) is 0 Å². The lowest BCUT2D eigenvalue weighted by Crippen LogP contribution is -2.59. The highest BCUT2D eigenvalue weighted by molar-refractivity contribution is 4.94. The fraction of sp³-hybridized carbons (Fsp3) is 1.00. The summed E-state index contributed by atoms with van der Waals surface area (Å²) in [6, 6.07) is 1.41. The summed E-state index contributed by atoms with van der Waals surface area (Å²) in [6.07, 6.45) is 2.74. The highest BCUT2D eigenvalue weighted by Crippen LogP contribution is 2.34. The molecule has 2 aliphatic heterocycles. The highest BCUT2D eigenvalue weighted by atomic mass is 15.3. The molecule has 0 saturated carbocycles. The van der Waals surface area contributed by atoms with Gasteiger partial charge in [-0.1, -0.05) is 0 Å². The Morgan fingerprint density at radius 1 is 0.714 bits per heavy atom. The third-order valence-electron chi connectivity index (χ3n) is 6.12. The molecule has 0 aromatic carbocycles. The van der Waals surface area contributed by atoms with E-state index in [1.807, 2.05) is 0 Å². The first-order chi connectivity index (χ1) is 9.82. The number of piperidine rings is 1. The van der Waals surface area contributed by atoms with Crippen LogP contribution in [0.3, 0.4) is 0 Å². The molecule has 0 aromatic rings. The molecule has 0 bridgehead atoms. The average Bonchev–Trinajstić information content (AvgIpc) is 2.47. The number of rotatable bonds is 4. The molecular formula is C18H37N3. The van der Waals surface area contributed by atoms with Gasteiger partial charge in [0.1, 0.15) is 0 Å². The Kier molecular flexibility index (Phi) is 5.72. The van der Waals surface area contributed by atoms with Crippen LogP contribution in [0.1, 0.15) is 54.4 Å². The SMILES string of the molecule is CC(C)N1CCC(C(C)(C)N2CCN(C(C)C)CC2)CC1. The van der Waals surface area contributed by atoms with Gasteiger partial charge >= 0.3 is 0 Å². The van der Waals surface area contributed by atoms with Gasteiger partial charge < -0.3 is 4.90 Å². The first kappa shape index (κ1) is 17.2. The summed E-state index contributed by atoms with van der Waals surface area (Å²) in [5.74, 6) is 0.859. The Hall–Kier alpha value is -0.120. The number of hydrogen-bond acceptors (Lipinski definition) is 3. The molecule has 2 heterocycles. The molecule has 0 amide bonds. The van der Waals surface area contributed by atoms with Gasteiger partial charge in [0.2, 0.25) is 0 Å². The number of nitrogens with zero attached hydrogens (tertiary/aromatic N) is 3. The van der Waals surface area contributed by atoms with E-state index >= 15 is 0 Å². The maximum absolute atomic E-state index is 2.77. The van der Waals surface area contributed by atoms with Gasteiger partial charge in [0.25, 0.3) is 0 Å². The van der Waals surface area contributed by atoms with Crippen LogP contribution in [0.15, 0.2) is 0 Å². The molecule has 2 saturated heterocycles. The van der Waals surface area contributed by atoms with Crippen LogP contribution in [0, 0.1) is 5.92 Å². The lowest BCUT2D eigenvalue weighted by Gasteiger charge is -2.51. The lowest BCUT2D eigenvalue weighted by molar-refractivity contribution is -0.0139. The Balaban J connectivity index is 1.88. The van der Waals surface area contributed by atoms with E-state index in [0.29, 0.717) is 17.6 Å². The van der Waals surface area contributed by atoms with Crippen LogP contribution in [0.4, 0.5) is 0 Å². The molecule has 124 valence electrons. The summed E-state index contributed by atoms with van der Waals surface area (Å²) < 4.78 is 0. The van der Waals surface area contributed by atoms with E-state index in [4.69, 9.17) is 0 Å². The van der Waals surface area contributed by atoms with Gasteiger partial charge in [0.05, 0.1) is 0 Å². The normalized spacial score (nSPS) is 25.1. The minimum Gasteiger partial charge on any atom is -0.301 e. The summed E-state index contributed by atoms with van der Waals surface area (Å²) in [4.78, 5) is 8.03. The van der Waals surface area contributed by atoms with E-state index in [9.17, 15) is 0 Å². The van der Waals surface area contributed by atoms with Crippen LogP contribution in [0.25, 0.3) is 0 Å². The summed E-state index contributed by atoms with van der Waals surface area (Å²) in [5.41, 5.74) is 0.367. The Labute approximate surface area is 132 Å². The van der Waals surface area contributed by atoms with E-state index in [0.717, 1.165) is 5.92 Å². The molecule has 3 nitrogen and oxygen atoms in total. The second kappa shape index (κ2) is 6.97. The van der Waals surface area contributed by atoms with Crippen molar-refractivity contribution >= 4 is 0 Å². The Bertz CT molecular complexity index is 278. The Morgan fingerprint density at radius 2 is 1.14 bits per heavy atom. The first-order valence-electron chi connectivity index (χ1n) is 9.05. The molecule has 2 fully saturated rings. The van der Waals surface area contributed by atoms with Gasteiger partial charge in [-0.15, -0.1) is 0 Å². The van der Waals surface area contributed by atoms with Crippen LogP contribution >= 0.6 is 0 Å². The molecule has 0 atom stereocenters. The standard InChI is InChI=1S/C18H37N3/c1-15(2)19-9-7-17(8-10-19)18(5,6)21-13-11-20(12-14-21)16(3)4/h15-17H,7-14H2,1-6H3. The predicted molar refractivity (Wildman–Crippen MR) is 91.8 cm³/mol. The van der Waals surface area contributed by atoms with Crippen molar-refractivity contribution in [2.45, 2.75) is 72.0 Å². The first-order valence-corrected chi connectivity index (χ1v) is 9.05. The van der Waals surface area contributed by atoms with Crippen molar-refractivity contribution in [2.75, 3.05) is 39.3 Å². The zero-order valence-corrected chi connectivity index (χ0v) is 15.2. The van der Waals surface area contributed by atoms with E-state index < -0.39 is 0 Å². The number of likely N-dealkylation sites (tertiary alicyclic amines) is 1. The summed E-state index contributed by atoms with van der Waals surface area (Å²) in [5, 5.41) is 0. The van der Waals surface area contributed by atoms with E-state index in [1.165, 1.54) is 52.1 Å². The summed E-state index contributed by atoms with van der Waals surface area (Å²) in [7, 11) is 0. The third kappa shape index (κ3) is 4.00. The van der Waals surface area contributed by atoms with Crippen molar-refractivity contribution in [3.8, 4) is 0 Å². The van der Waals surface area contributed by atoms with Crippen LogP contribution in [0.5, 0.6) is 0 Å². The summed E-state index contributed by atoms with van der Waals surface area (Å²) >= 11 is 0. The molecule has 21 heavy (non-hydrogen) atoms. The molecule has 0 aliphatic carbocycles. The summed E-state index contributed by atoms with van der Waals surface area (Å²) in [6.45, 7) is 21.8. The van der Waals surface area contributed by atoms with Gasteiger partial charge in [0, 0.05) is 43.8 Å². The Morgan fingerprint density at radius 3 is 1.57 bits per heavy atom. The lowest BCUT2D eigenvalue weighted by atomic mass is 9.78. The second-order valence-electron chi connectivity index (χ2n) is 8.17. The van der Waals surface area contributed by atoms with Crippen molar-refractivity contribution < 1.29 is 0 Å². The quantitative estimate of drug-likeness (QED) is 0.789. The van der Waals surface area contributed by atoms with Crippen LogP contribution in [0.2, 0.25) is 0 Å². The molecule has 0 unspecified atom stereocenters. The third-order valence-corrected chi connectivity index (χ3v) is 6.12. The molecule has 0 radical (unpaired) electrons. The molecule has 0 aromatic heterocycles. The van der Waals surface area contributed by atoms with Crippen LogP contribution in [-0.4, -0.2) is 71.6 Å². The van der Waals surface area contributed by atoms with Gasteiger partial charge in [0.15, 0.2) is 0 Å². The topological polar surface area (TPSA) is 9.72 Å². The van der Waals surface area contributed by atoms with Crippen molar-refractivity contribution in [3.05, 3.63) is 0 Å². The maximum Gasteiger partial charge on any atom is 0.0183 e. The molecule has 0 spiro atoms. The molecule has 2 rings (SSSR count). The molecular weight excluding hydrogens is 258 g/mol. The largest absolute Gasteiger partial charge is 0.301 e. The number of piperazine rings is 1. The van der Waals surface area contributed by atoms with Crippen molar-refractivity contribution in [1.82, 2.24) is 14.7 Å². The highest BCUT2D eigenvalue weighted by Gasteiger charge is 2.38. The van der Waals surface area contributed by atoms with Crippen molar-refractivity contribution in [3.63, 3.8) is 0 Å². The molecule has 0 N–H and O–H groups in total. The zero-order chi connectivity index (χ0) is 15.6. The fourth-order valence-electron chi connectivity index (χ4n) is 4.20. The minimum absolute atomic E-state index is 0.367. The smallest absolute Gasteiger partial charge is 0.0183 e. The predicted octanol–water partition coefficient (Wildman–Crippen LogP) is 2.91. The van der Waals surface area contributed by atoms with Gasteiger partial charge in [-0.2, -0.15) is 0 Å². The van der Waals surface area contributed by atoms with E-state index in [1.54, 1.807) is 0 Å². The average molecular weight is 296 g/mol. The fourth-order valence-corrected chi connectivity index (χ4v) is 4.20. The minimum atomic E-state index is 0.367. The van der Waals surface area contributed by atoms with E-state index in [2.05, 4.69) is 56.2 Å². The van der Waals surface area contributed by atoms with Gasteiger partial charge in [-0.25, -0.2) is 0 Å². The zero-order valence-electron chi connectivity index (χ0n) is 15.2. The van der Waals surface area contributed by atoms with Gasteiger partial charge in [-0.3, -0.25) is 9.80 Å². The van der Waals surface area contributed by atoms with Crippen molar-refractivity contribution in [2.24, 2.45) is 5.92 Å². The van der Waals surface area contributed by atoms with Gasteiger partial charge in [-0.05, 0) is 73.4 Å². The van der Waals surface area contributed by atoms with Crippen LogP contribution in [-0.2, 0) is 0 Å². The van der Waals surface area contributed by atoms with Crippen LogP contribution < -0.4 is 0 Å². The maximum atomic E-state index is 2.77. The molecule has 2 aliphatic rings. The number of hydrogen-bond donors (Lipinski definition) is 0. The second-order valence-corrected chi connectivity index (χ2v) is 8.17. The monoisotopic (exact) mass is 295 g/mol. The van der Waals surface area contributed by atoms with E-state index in [-0.39, 0.29) is 0 Å².